The summed E-state index contributed by atoms with van der Waals surface area (Å²) in [6, 6.07) is 0.760. The van der Waals surface area contributed by atoms with E-state index in [1.54, 1.807) is 0 Å². The highest BCUT2D eigenvalue weighted by molar-refractivity contribution is 4.87. The minimum absolute atomic E-state index is 0.349. The second-order valence-electron chi connectivity index (χ2n) is 6.24. The van der Waals surface area contributed by atoms with E-state index in [9.17, 15) is 0 Å². The third kappa shape index (κ3) is 2.73. The lowest BCUT2D eigenvalue weighted by Crippen LogP contribution is -2.51. The highest BCUT2D eigenvalue weighted by Crippen LogP contribution is 2.32. The SMILES string of the molecule is CC(C)C1CCN(C(C)(C)C)C(C)C1. The molecule has 1 heteroatoms. The number of hydrogen-bond acceptors (Lipinski definition) is 1. The maximum Gasteiger partial charge on any atom is 0.0127 e. The molecule has 1 aliphatic heterocycles. The van der Waals surface area contributed by atoms with Crippen LogP contribution in [0.1, 0.15) is 54.4 Å². The molecule has 0 spiro atoms. The Labute approximate surface area is 89.9 Å². The molecule has 0 saturated carbocycles. The van der Waals surface area contributed by atoms with E-state index in [0.29, 0.717) is 5.54 Å². The third-order valence-electron chi connectivity index (χ3n) is 3.72. The molecule has 0 aliphatic carbocycles. The minimum atomic E-state index is 0.349. The van der Waals surface area contributed by atoms with Crippen LogP contribution >= 0.6 is 0 Å². The molecule has 2 unspecified atom stereocenters. The monoisotopic (exact) mass is 197 g/mol. The molecule has 84 valence electrons. The Morgan fingerprint density at radius 3 is 2.14 bits per heavy atom. The van der Waals surface area contributed by atoms with Crippen LogP contribution in [-0.4, -0.2) is 23.0 Å². The maximum absolute atomic E-state index is 2.66. The molecule has 1 saturated heterocycles. The van der Waals surface area contributed by atoms with Gasteiger partial charge < -0.3 is 0 Å². The molecule has 0 N–H and O–H groups in total. The van der Waals surface area contributed by atoms with Crippen LogP contribution in [0.4, 0.5) is 0 Å². The lowest BCUT2D eigenvalue weighted by molar-refractivity contribution is 0.0287. The summed E-state index contributed by atoms with van der Waals surface area (Å²) in [5.41, 5.74) is 0.349. The lowest BCUT2D eigenvalue weighted by Gasteiger charge is -2.46. The summed E-state index contributed by atoms with van der Waals surface area (Å²) in [6.07, 6.45) is 2.77. The van der Waals surface area contributed by atoms with Gasteiger partial charge in [-0.1, -0.05) is 13.8 Å². The first-order valence-corrected chi connectivity index (χ1v) is 6.09. The van der Waals surface area contributed by atoms with Crippen molar-refractivity contribution in [1.29, 1.82) is 0 Å². The third-order valence-corrected chi connectivity index (χ3v) is 3.72. The average molecular weight is 197 g/mol. The van der Waals surface area contributed by atoms with Crippen molar-refractivity contribution in [3.63, 3.8) is 0 Å². The molecule has 1 fully saturated rings. The fourth-order valence-electron chi connectivity index (χ4n) is 2.81. The first-order valence-electron chi connectivity index (χ1n) is 6.09. The predicted molar refractivity (Wildman–Crippen MR) is 63.5 cm³/mol. The Morgan fingerprint density at radius 1 is 1.21 bits per heavy atom. The summed E-state index contributed by atoms with van der Waals surface area (Å²) in [5, 5.41) is 0. The van der Waals surface area contributed by atoms with Gasteiger partial charge in [0.2, 0.25) is 0 Å². The Kier molecular flexibility index (Phi) is 3.63. The van der Waals surface area contributed by atoms with Crippen LogP contribution in [0.15, 0.2) is 0 Å². The van der Waals surface area contributed by atoms with Crippen molar-refractivity contribution < 1.29 is 0 Å². The second-order valence-corrected chi connectivity index (χ2v) is 6.24. The molecule has 0 aromatic carbocycles. The Bertz CT molecular complexity index is 178. The van der Waals surface area contributed by atoms with Crippen LogP contribution in [0.25, 0.3) is 0 Å². The summed E-state index contributed by atoms with van der Waals surface area (Å²) in [7, 11) is 0. The fourth-order valence-corrected chi connectivity index (χ4v) is 2.81. The maximum atomic E-state index is 2.66. The molecule has 14 heavy (non-hydrogen) atoms. The van der Waals surface area contributed by atoms with Gasteiger partial charge in [-0.25, -0.2) is 0 Å². The van der Waals surface area contributed by atoms with Gasteiger partial charge in [-0.15, -0.1) is 0 Å². The highest BCUT2D eigenvalue weighted by atomic mass is 15.2. The topological polar surface area (TPSA) is 3.24 Å². The first kappa shape index (κ1) is 12.0. The Morgan fingerprint density at radius 2 is 1.79 bits per heavy atom. The summed E-state index contributed by atoms with van der Waals surface area (Å²) in [5.74, 6) is 1.81. The molecule has 1 rings (SSSR count). The number of rotatable bonds is 1. The van der Waals surface area contributed by atoms with Crippen LogP contribution < -0.4 is 0 Å². The molecule has 1 heterocycles. The van der Waals surface area contributed by atoms with Crippen molar-refractivity contribution in [2.45, 2.75) is 66.0 Å². The largest absolute Gasteiger partial charge is 0.296 e. The first-order chi connectivity index (χ1) is 6.32. The normalized spacial score (nSPS) is 31.1. The molecule has 1 nitrogen and oxygen atoms in total. The van der Waals surface area contributed by atoms with Crippen molar-refractivity contribution in [2.24, 2.45) is 11.8 Å². The van der Waals surface area contributed by atoms with Gasteiger partial charge in [0.05, 0.1) is 0 Å². The number of nitrogens with zero attached hydrogens (tertiary/aromatic N) is 1. The van der Waals surface area contributed by atoms with Gasteiger partial charge in [0.15, 0.2) is 0 Å². The van der Waals surface area contributed by atoms with Crippen LogP contribution in [0.2, 0.25) is 0 Å². The quantitative estimate of drug-likeness (QED) is 0.621. The van der Waals surface area contributed by atoms with Gasteiger partial charge in [-0.3, -0.25) is 4.90 Å². The number of piperidine rings is 1. The van der Waals surface area contributed by atoms with Gasteiger partial charge in [0, 0.05) is 11.6 Å². The van der Waals surface area contributed by atoms with E-state index in [-0.39, 0.29) is 0 Å². The van der Waals surface area contributed by atoms with E-state index in [0.717, 1.165) is 17.9 Å². The molecule has 0 bridgehead atoms. The average Bonchev–Trinajstić information content (AvgIpc) is 2.01. The molecule has 1 aliphatic rings. The zero-order valence-electron chi connectivity index (χ0n) is 10.8. The molecule has 0 amide bonds. The zero-order valence-corrected chi connectivity index (χ0v) is 10.8. The van der Waals surface area contributed by atoms with Crippen molar-refractivity contribution in [1.82, 2.24) is 4.90 Å². The zero-order chi connectivity index (χ0) is 10.9. The molecular formula is C13H27N. The lowest BCUT2D eigenvalue weighted by atomic mass is 9.81. The van der Waals surface area contributed by atoms with E-state index in [2.05, 4.69) is 46.4 Å². The van der Waals surface area contributed by atoms with Gasteiger partial charge >= 0.3 is 0 Å². The fraction of sp³-hybridized carbons (Fsp3) is 1.00. The smallest absolute Gasteiger partial charge is 0.0127 e. The van der Waals surface area contributed by atoms with Crippen LogP contribution in [0.3, 0.4) is 0 Å². The van der Waals surface area contributed by atoms with E-state index in [4.69, 9.17) is 0 Å². The minimum Gasteiger partial charge on any atom is -0.296 e. The van der Waals surface area contributed by atoms with Gasteiger partial charge in [0.1, 0.15) is 0 Å². The van der Waals surface area contributed by atoms with E-state index < -0.39 is 0 Å². The number of likely N-dealkylation sites (tertiary alicyclic amines) is 1. The summed E-state index contributed by atoms with van der Waals surface area (Å²) >= 11 is 0. The Balaban J connectivity index is 2.56. The second kappa shape index (κ2) is 4.22. The predicted octanol–water partition coefficient (Wildman–Crippen LogP) is 3.54. The van der Waals surface area contributed by atoms with Crippen LogP contribution in [-0.2, 0) is 0 Å². The van der Waals surface area contributed by atoms with Gasteiger partial charge in [-0.05, 0) is 58.9 Å². The van der Waals surface area contributed by atoms with Gasteiger partial charge in [-0.2, -0.15) is 0 Å². The van der Waals surface area contributed by atoms with Crippen molar-refractivity contribution in [3.8, 4) is 0 Å². The molecule has 2 atom stereocenters. The van der Waals surface area contributed by atoms with Gasteiger partial charge in [0.25, 0.3) is 0 Å². The van der Waals surface area contributed by atoms with Crippen molar-refractivity contribution in [3.05, 3.63) is 0 Å². The van der Waals surface area contributed by atoms with E-state index in [1.807, 2.05) is 0 Å². The summed E-state index contributed by atoms with van der Waals surface area (Å²) in [6.45, 7) is 15.4. The van der Waals surface area contributed by atoms with Crippen molar-refractivity contribution >= 4 is 0 Å². The summed E-state index contributed by atoms with van der Waals surface area (Å²) in [4.78, 5) is 2.66. The Hall–Kier alpha value is -0.0400. The van der Waals surface area contributed by atoms with Crippen molar-refractivity contribution in [2.75, 3.05) is 6.54 Å². The van der Waals surface area contributed by atoms with E-state index in [1.165, 1.54) is 19.4 Å². The molecule has 0 aromatic rings. The van der Waals surface area contributed by atoms with Crippen LogP contribution in [0.5, 0.6) is 0 Å². The molecule has 0 radical (unpaired) electrons. The number of hydrogen-bond donors (Lipinski definition) is 0. The van der Waals surface area contributed by atoms with Crippen LogP contribution in [0, 0.1) is 11.8 Å². The highest BCUT2D eigenvalue weighted by Gasteiger charge is 2.32. The summed E-state index contributed by atoms with van der Waals surface area (Å²) < 4.78 is 0. The molecule has 0 aromatic heterocycles. The molecular weight excluding hydrogens is 170 g/mol. The van der Waals surface area contributed by atoms with E-state index >= 15 is 0 Å². The standard InChI is InChI=1S/C13H27N/c1-10(2)12-7-8-14(11(3)9-12)13(4,5)6/h10-12H,7-9H2,1-6H3.